The van der Waals surface area contributed by atoms with Crippen LogP contribution in [0, 0.1) is 0 Å². The van der Waals surface area contributed by atoms with E-state index in [1.807, 2.05) is 12.1 Å². The van der Waals surface area contributed by atoms with Crippen molar-refractivity contribution in [3.05, 3.63) is 35.5 Å². The lowest BCUT2D eigenvalue weighted by atomic mass is 10.0. The van der Waals surface area contributed by atoms with Crippen molar-refractivity contribution in [3.63, 3.8) is 0 Å². The first-order valence-electron chi connectivity index (χ1n) is 6.43. The van der Waals surface area contributed by atoms with Gasteiger partial charge in [0, 0.05) is 11.8 Å². The topological polar surface area (TPSA) is 77.2 Å². The largest absolute Gasteiger partial charge is 0.476 e. The first-order valence-corrected chi connectivity index (χ1v) is 6.80. The third-order valence-electron chi connectivity index (χ3n) is 3.33. The Balaban J connectivity index is 2.08. The summed E-state index contributed by atoms with van der Waals surface area (Å²) < 4.78 is 5.76. The highest BCUT2D eigenvalue weighted by Gasteiger charge is 2.35. The van der Waals surface area contributed by atoms with Gasteiger partial charge in [-0.3, -0.25) is 4.79 Å². The van der Waals surface area contributed by atoms with Gasteiger partial charge in [-0.2, -0.15) is 0 Å². The number of anilines is 2. The van der Waals surface area contributed by atoms with E-state index in [2.05, 4.69) is 10.3 Å². The van der Waals surface area contributed by atoms with Crippen molar-refractivity contribution in [3.8, 4) is 16.9 Å². The Bertz CT molecular complexity index is 744. The molecule has 1 aliphatic rings. The van der Waals surface area contributed by atoms with Crippen LogP contribution in [0.3, 0.4) is 0 Å². The molecule has 3 rings (SSSR count). The van der Waals surface area contributed by atoms with E-state index < -0.39 is 5.60 Å². The number of halogens is 1. The molecule has 0 bridgehead atoms. The lowest BCUT2D eigenvalue weighted by Crippen LogP contribution is -2.45. The number of carbonyl (C=O) groups is 1. The second-order valence-corrected chi connectivity index (χ2v) is 5.77. The molecule has 21 heavy (non-hydrogen) atoms. The number of pyridine rings is 1. The number of amides is 1. The van der Waals surface area contributed by atoms with Gasteiger partial charge in [-0.15, -0.1) is 0 Å². The zero-order valence-corrected chi connectivity index (χ0v) is 12.4. The molecule has 1 aliphatic heterocycles. The van der Waals surface area contributed by atoms with Crippen molar-refractivity contribution >= 4 is 29.0 Å². The lowest BCUT2D eigenvalue weighted by Gasteiger charge is -2.31. The molecule has 3 N–H and O–H groups in total. The van der Waals surface area contributed by atoms with Crippen LogP contribution in [0.15, 0.2) is 30.5 Å². The van der Waals surface area contributed by atoms with Crippen molar-refractivity contribution in [2.75, 3.05) is 11.1 Å². The molecule has 0 atom stereocenters. The molecule has 5 nitrogen and oxygen atoms in total. The van der Waals surface area contributed by atoms with Gasteiger partial charge in [-0.1, -0.05) is 17.7 Å². The van der Waals surface area contributed by atoms with Crippen molar-refractivity contribution < 1.29 is 9.53 Å². The Kier molecular flexibility index (Phi) is 3.02. The molecule has 0 saturated heterocycles. The van der Waals surface area contributed by atoms with Crippen LogP contribution in [0.25, 0.3) is 11.1 Å². The molecule has 0 spiro atoms. The van der Waals surface area contributed by atoms with Crippen LogP contribution in [0.2, 0.25) is 5.02 Å². The Hall–Kier alpha value is -2.27. The summed E-state index contributed by atoms with van der Waals surface area (Å²) in [6.45, 7) is 3.44. The normalized spacial score (nSPS) is 15.9. The minimum atomic E-state index is -0.910. The van der Waals surface area contributed by atoms with Gasteiger partial charge in [-0.05, 0) is 37.6 Å². The van der Waals surface area contributed by atoms with E-state index in [9.17, 15) is 4.79 Å². The molecular formula is C15H14ClN3O2. The number of hydrogen-bond donors (Lipinski definition) is 2. The number of nitrogens with one attached hydrogen (secondary N) is 1. The van der Waals surface area contributed by atoms with E-state index in [4.69, 9.17) is 22.1 Å². The third-order valence-corrected chi connectivity index (χ3v) is 3.63. The average molecular weight is 304 g/mol. The fourth-order valence-corrected chi connectivity index (χ4v) is 2.36. The molecule has 1 aromatic heterocycles. The monoisotopic (exact) mass is 303 g/mol. The van der Waals surface area contributed by atoms with Gasteiger partial charge < -0.3 is 15.8 Å². The SMILES string of the molecule is CC1(C)Oc2cc(-c3cc(N)ncc3Cl)ccc2NC1=O. The smallest absolute Gasteiger partial charge is 0.268 e. The number of ether oxygens (including phenoxy) is 1. The van der Waals surface area contributed by atoms with Gasteiger partial charge in [0.05, 0.1) is 10.7 Å². The minimum absolute atomic E-state index is 0.172. The summed E-state index contributed by atoms with van der Waals surface area (Å²) in [4.78, 5) is 15.8. The summed E-state index contributed by atoms with van der Waals surface area (Å²) in [5, 5.41) is 3.32. The molecule has 108 valence electrons. The van der Waals surface area contributed by atoms with Crippen LogP contribution in [0.5, 0.6) is 5.75 Å². The van der Waals surface area contributed by atoms with Crippen molar-refractivity contribution in [2.24, 2.45) is 0 Å². The van der Waals surface area contributed by atoms with Crippen LogP contribution in [0.1, 0.15) is 13.8 Å². The number of benzene rings is 1. The molecule has 2 heterocycles. The number of nitrogens with two attached hydrogens (primary N) is 1. The molecule has 1 aromatic carbocycles. The zero-order chi connectivity index (χ0) is 15.2. The maximum atomic E-state index is 11.9. The predicted octanol–water partition coefficient (Wildman–Crippen LogP) is 3.09. The molecule has 6 heteroatoms. The van der Waals surface area contributed by atoms with Gasteiger partial charge in [-0.25, -0.2) is 4.98 Å². The second-order valence-electron chi connectivity index (χ2n) is 5.37. The van der Waals surface area contributed by atoms with Crippen molar-refractivity contribution in [2.45, 2.75) is 19.4 Å². The maximum Gasteiger partial charge on any atom is 0.268 e. The van der Waals surface area contributed by atoms with Crippen LogP contribution in [-0.2, 0) is 4.79 Å². The number of nitrogens with zero attached hydrogens (tertiary/aromatic N) is 1. The third kappa shape index (κ3) is 2.40. The second kappa shape index (κ2) is 4.63. The molecule has 2 aromatic rings. The number of hydrogen-bond acceptors (Lipinski definition) is 4. The van der Waals surface area contributed by atoms with Crippen molar-refractivity contribution in [1.82, 2.24) is 4.98 Å². The van der Waals surface area contributed by atoms with Crippen LogP contribution >= 0.6 is 11.6 Å². The van der Waals surface area contributed by atoms with Gasteiger partial charge in [0.1, 0.15) is 11.6 Å². The molecule has 0 unspecified atom stereocenters. The van der Waals surface area contributed by atoms with Crippen LogP contribution < -0.4 is 15.8 Å². The lowest BCUT2D eigenvalue weighted by molar-refractivity contribution is -0.129. The Morgan fingerprint density at radius 1 is 1.33 bits per heavy atom. The Morgan fingerprint density at radius 3 is 2.86 bits per heavy atom. The predicted molar refractivity (Wildman–Crippen MR) is 82.4 cm³/mol. The number of rotatable bonds is 1. The summed E-state index contributed by atoms with van der Waals surface area (Å²) >= 11 is 6.16. The molecule has 0 fully saturated rings. The first-order chi connectivity index (χ1) is 9.87. The van der Waals surface area contributed by atoms with E-state index in [1.54, 1.807) is 26.0 Å². The van der Waals surface area contributed by atoms with E-state index in [-0.39, 0.29) is 5.91 Å². The van der Waals surface area contributed by atoms with Gasteiger partial charge in [0.2, 0.25) is 0 Å². The number of carbonyl (C=O) groups excluding carboxylic acids is 1. The fourth-order valence-electron chi connectivity index (χ4n) is 2.15. The number of fused-ring (bicyclic) bond motifs is 1. The quantitative estimate of drug-likeness (QED) is 0.848. The minimum Gasteiger partial charge on any atom is -0.476 e. The first kappa shape index (κ1) is 13.7. The summed E-state index contributed by atoms with van der Waals surface area (Å²) in [6, 6.07) is 7.17. The van der Waals surface area contributed by atoms with Gasteiger partial charge in [0.25, 0.3) is 5.91 Å². The maximum absolute atomic E-state index is 11.9. The van der Waals surface area contributed by atoms with Gasteiger partial charge in [0.15, 0.2) is 5.60 Å². The van der Waals surface area contributed by atoms with E-state index >= 15 is 0 Å². The highest BCUT2D eigenvalue weighted by atomic mass is 35.5. The zero-order valence-electron chi connectivity index (χ0n) is 11.6. The van der Waals surface area contributed by atoms with E-state index in [1.165, 1.54) is 6.20 Å². The summed E-state index contributed by atoms with van der Waals surface area (Å²) in [5.74, 6) is 0.819. The van der Waals surface area contributed by atoms with E-state index in [0.717, 1.165) is 11.1 Å². The molecule has 1 amide bonds. The molecule has 0 radical (unpaired) electrons. The molecular weight excluding hydrogens is 290 g/mol. The summed E-state index contributed by atoms with van der Waals surface area (Å²) in [7, 11) is 0. The van der Waals surface area contributed by atoms with Crippen LogP contribution in [-0.4, -0.2) is 16.5 Å². The Labute approximate surface area is 127 Å². The van der Waals surface area contributed by atoms with E-state index in [0.29, 0.717) is 22.3 Å². The number of aromatic nitrogens is 1. The molecule has 0 saturated carbocycles. The Morgan fingerprint density at radius 2 is 2.10 bits per heavy atom. The summed E-state index contributed by atoms with van der Waals surface area (Å²) in [6.07, 6.45) is 1.51. The van der Waals surface area contributed by atoms with Gasteiger partial charge >= 0.3 is 0 Å². The van der Waals surface area contributed by atoms with Crippen molar-refractivity contribution in [1.29, 1.82) is 0 Å². The number of nitrogen functional groups attached to an aromatic ring is 1. The highest BCUT2D eigenvalue weighted by Crippen LogP contribution is 2.38. The molecule has 0 aliphatic carbocycles. The van der Waals surface area contributed by atoms with Crippen LogP contribution in [0.4, 0.5) is 11.5 Å². The average Bonchev–Trinajstić information content (AvgIpc) is 2.42. The fraction of sp³-hybridized carbons (Fsp3) is 0.200. The standard InChI is InChI=1S/C15H14ClN3O2/c1-15(2)14(20)19-11-4-3-8(5-12(11)21-15)9-6-13(17)18-7-10(9)16/h3-7H,1-2H3,(H2,17,18)(H,19,20). The highest BCUT2D eigenvalue weighted by molar-refractivity contribution is 6.33. The summed E-state index contributed by atoms with van der Waals surface area (Å²) in [5.41, 5.74) is 7.05.